The van der Waals surface area contributed by atoms with Gasteiger partial charge >= 0.3 is 0 Å². The fourth-order valence-corrected chi connectivity index (χ4v) is 5.86. The zero-order chi connectivity index (χ0) is 27.5. The van der Waals surface area contributed by atoms with Crippen LogP contribution >= 0.6 is 11.8 Å². The van der Waals surface area contributed by atoms with Crippen molar-refractivity contribution in [1.82, 2.24) is 14.8 Å². The molecule has 2 aliphatic heterocycles. The molecule has 2 aromatic carbocycles. The Hall–Kier alpha value is -3.99. The third-order valence-corrected chi connectivity index (χ3v) is 7.99. The van der Waals surface area contributed by atoms with Crippen LogP contribution in [0.15, 0.2) is 48.5 Å². The van der Waals surface area contributed by atoms with E-state index in [1.165, 1.54) is 0 Å². The Kier molecular flexibility index (Phi) is 7.78. The molecule has 1 atom stereocenters. The van der Waals surface area contributed by atoms with Gasteiger partial charge in [0.1, 0.15) is 16.7 Å². The molecule has 11 heteroatoms. The Morgan fingerprint density at radius 3 is 2.44 bits per heavy atom. The summed E-state index contributed by atoms with van der Waals surface area (Å²) < 4.78 is 7.74. The Morgan fingerprint density at radius 2 is 1.79 bits per heavy atom. The summed E-state index contributed by atoms with van der Waals surface area (Å²) in [6, 6.07) is 15.4. The first-order valence-corrected chi connectivity index (χ1v) is 14.0. The lowest BCUT2D eigenvalue weighted by molar-refractivity contribution is -0.133. The summed E-state index contributed by atoms with van der Waals surface area (Å²) in [6.45, 7) is 7.53. The maximum atomic E-state index is 13.2. The predicted octanol–water partition coefficient (Wildman–Crippen LogP) is 3.70. The Morgan fingerprint density at radius 1 is 1.05 bits per heavy atom. The number of piperazine rings is 1. The number of aryl methyl sites for hydroxylation is 1. The lowest BCUT2D eigenvalue weighted by Crippen LogP contribution is -2.49. The number of thioether (sulfide) groups is 1. The number of carbonyl (C=O) groups excluding carboxylic acids is 4. The number of rotatable bonds is 8. The van der Waals surface area contributed by atoms with Gasteiger partial charge in [-0.2, -0.15) is 0 Å². The first kappa shape index (κ1) is 26.6. The summed E-state index contributed by atoms with van der Waals surface area (Å²) in [5.74, 6) is 0.0649. The third kappa shape index (κ3) is 5.58. The molecule has 0 bridgehead atoms. The fraction of sp³-hybridized carbons (Fsp3) is 0.357. The molecule has 204 valence electrons. The zero-order valence-electron chi connectivity index (χ0n) is 21.9. The highest BCUT2D eigenvalue weighted by Crippen LogP contribution is 2.30. The van der Waals surface area contributed by atoms with E-state index in [-0.39, 0.29) is 18.2 Å². The van der Waals surface area contributed by atoms with E-state index in [0.29, 0.717) is 50.7 Å². The number of nitrogens with zero attached hydrogens (tertiary/aromatic N) is 3. The van der Waals surface area contributed by atoms with Crippen LogP contribution in [0.5, 0.6) is 5.75 Å². The van der Waals surface area contributed by atoms with Crippen LogP contribution in [-0.4, -0.2) is 70.5 Å². The summed E-state index contributed by atoms with van der Waals surface area (Å²) in [5, 5.41) is 5.10. The van der Waals surface area contributed by atoms with Gasteiger partial charge in [-0.25, -0.2) is 0 Å². The van der Waals surface area contributed by atoms with E-state index < -0.39 is 16.4 Å². The zero-order valence-corrected chi connectivity index (χ0v) is 22.8. The number of aromatic nitrogens is 1. The molecule has 0 spiro atoms. The SMILES string of the molecule is CCOc1cccc2c1cc(C(=O)Nc1ccc(N3CCN(C(=O)CC4SC(=O)NC4=O)CC3)cc1)n2CC. The van der Waals surface area contributed by atoms with Crippen LogP contribution in [0.4, 0.5) is 16.2 Å². The van der Waals surface area contributed by atoms with E-state index in [0.717, 1.165) is 34.1 Å². The predicted molar refractivity (Wildman–Crippen MR) is 152 cm³/mol. The first-order chi connectivity index (χ1) is 18.9. The number of fused-ring (bicyclic) bond motifs is 1. The van der Waals surface area contributed by atoms with Crippen LogP contribution in [0.3, 0.4) is 0 Å². The van der Waals surface area contributed by atoms with Crippen LogP contribution in [0.2, 0.25) is 0 Å². The van der Waals surface area contributed by atoms with Crippen molar-refractivity contribution >= 4 is 57.0 Å². The molecule has 2 saturated heterocycles. The van der Waals surface area contributed by atoms with Crippen LogP contribution < -0.4 is 20.3 Å². The molecule has 0 aliphatic carbocycles. The third-order valence-electron chi connectivity index (χ3n) is 7.00. The van der Waals surface area contributed by atoms with E-state index in [4.69, 9.17) is 4.74 Å². The highest BCUT2D eigenvalue weighted by Gasteiger charge is 2.35. The van der Waals surface area contributed by atoms with Crippen molar-refractivity contribution in [1.29, 1.82) is 0 Å². The molecule has 39 heavy (non-hydrogen) atoms. The van der Waals surface area contributed by atoms with Gasteiger partial charge in [0.15, 0.2) is 0 Å². The van der Waals surface area contributed by atoms with Crippen LogP contribution in [0, 0.1) is 0 Å². The number of imide groups is 1. The van der Waals surface area contributed by atoms with Gasteiger partial charge in [-0.1, -0.05) is 17.8 Å². The first-order valence-electron chi connectivity index (χ1n) is 13.1. The molecule has 2 aliphatic rings. The quantitative estimate of drug-likeness (QED) is 0.441. The summed E-state index contributed by atoms with van der Waals surface area (Å²) in [4.78, 5) is 52.9. The maximum absolute atomic E-state index is 13.2. The van der Waals surface area contributed by atoms with Gasteiger partial charge in [0, 0.05) is 55.9 Å². The second kappa shape index (κ2) is 11.4. The molecule has 0 radical (unpaired) electrons. The van der Waals surface area contributed by atoms with Crippen molar-refractivity contribution < 1.29 is 23.9 Å². The van der Waals surface area contributed by atoms with Crippen LogP contribution in [0.25, 0.3) is 10.9 Å². The topological polar surface area (TPSA) is 113 Å². The van der Waals surface area contributed by atoms with Gasteiger partial charge in [0.2, 0.25) is 11.8 Å². The number of amides is 4. The largest absolute Gasteiger partial charge is 0.493 e. The second-order valence-corrected chi connectivity index (χ2v) is 10.5. The van der Waals surface area contributed by atoms with Gasteiger partial charge in [0.25, 0.3) is 11.1 Å². The monoisotopic (exact) mass is 549 g/mol. The lowest BCUT2D eigenvalue weighted by Gasteiger charge is -2.36. The van der Waals surface area contributed by atoms with Gasteiger partial charge in [0.05, 0.1) is 12.1 Å². The molecule has 2 fully saturated rings. The van der Waals surface area contributed by atoms with Crippen molar-refractivity contribution in [3.8, 4) is 5.75 Å². The molecular formula is C28H31N5O5S. The number of hydrogen-bond donors (Lipinski definition) is 2. The van der Waals surface area contributed by atoms with Crippen molar-refractivity contribution in [2.45, 2.75) is 32.1 Å². The molecule has 4 amide bonds. The molecule has 10 nitrogen and oxygen atoms in total. The molecular weight excluding hydrogens is 518 g/mol. The number of ether oxygens (including phenoxy) is 1. The summed E-state index contributed by atoms with van der Waals surface area (Å²) in [5.41, 5.74) is 3.22. The van der Waals surface area contributed by atoms with Crippen LogP contribution in [-0.2, 0) is 16.1 Å². The summed E-state index contributed by atoms with van der Waals surface area (Å²) in [7, 11) is 0. The highest BCUT2D eigenvalue weighted by molar-refractivity contribution is 8.15. The van der Waals surface area contributed by atoms with Gasteiger partial charge < -0.3 is 24.4 Å². The number of nitrogens with one attached hydrogen (secondary N) is 2. The molecule has 5 rings (SSSR count). The maximum Gasteiger partial charge on any atom is 0.286 e. The smallest absolute Gasteiger partial charge is 0.286 e. The second-order valence-electron chi connectivity index (χ2n) is 9.35. The van der Waals surface area contributed by atoms with E-state index in [2.05, 4.69) is 15.5 Å². The Bertz CT molecular complexity index is 1410. The fourth-order valence-electron chi connectivity index (χ4n) is 5.05. The standard InChI is InChI=1S/C28H31N5O5S/c1-3-33-21-6-5-7-23(38-4-2)20(21)16-22(33)26(35)29-18-8-10-19(11-9-18)31-12-14-32(15-13-31)25(34)17-24-27(36)30-28(37)39-24/h5-11,16,24H,3-4,12-15,17H2,1-2H3,(H,29,35)(H,30,36,37). The average molecular weight is 550 g/mol. The van der Waals surface area contributed by atoms with Crippen LogP contribution in [0.1, 0.15) is 30.8 Å². The average Bonchev–Trinajstić information content (AvgIpc) is 3.48. The minimum absolute atomic E-state index is 0.0283. The summed E-state index contributed by atoms with van der Waals surface area (Å²) in [6.07, 6.45) is 0.0283. The lowest BCUT2D eigenvalue weighted by atomic mass is 10.2. The van der Waals surface area contributed by atoms with E-state index in [9.17, 15) is 19.2 Å². The van der Waals surface area contributed by atoms with Gasteiger partial charge in [-0.15, -0.1) is 0 Å². The number of hydrogen-bond acceptors (Lipinski definition) is 7. The van der Waals surface area contributed by atoms with E-state index in [1.807, 2.05) is 66.9 Å². The molecule has 1 aromatic heterocycles. The summed E-state index contributed by atoms with van der Waals surface area (Å²) >= 11 is 0.878. The molecule has 3 aromatic rings. The number of carbonyl (C=O) groups is 4. The van der Waals surface area contributed by atoms with E-state index >= 15 is 0 Å². The molecule has 0 saturated carbocycles. The molecule has 1 unspecified atom stereocenters. The Labute approximate surface area is 230 Å². The normalized spacial score (nSPS) is 17.4. The number of benzene rings is 2. The minimum Gasteiger partial charge on any atom is -0.493 e. The van der Waals surface area contributed by atoms with Gasteiger partial charge in [-0.05, 0) is 56.3 Å². The van der Waals surface area contributed by atoms with Crippen molar-refractivity contribution in [3.05, 3.63) is 54.2 Å². The molecule has 2 N–H and O–H groups in total. The van der Waals surface area contributed by atoms with Crippen molar-refractivity contribution in [2.24, 2.45) is 0 Å². The Balaban J connectivity index is 1.19. The minimum atomic E-state index is -0.643. The molecule has 3 heterocycles. The number of anilines is 2. The van der Waals surface area contributed by atoms with Crippen molar-refractivity contribution in [2.75, 3.05) is 43.0 Å². The van der Waals surface area contributed by atoms with Crippen molar-refractivity contribution in [3.63, 3.8) is 0 Å². The van der Waals surface area contributed by atoms with E-state index in [1.54, 1.807) is 4.90 Å². The van der Waals surface area contributed by atoms with Gasteiger partial charge in [-0.3, -0.25) is 24.5 Å². The highest BCUT2D eigenvalue weighted by atomic mass is 32.2.